The highest BCUT2D eigenvalue weighted by atomic mass is 32.1. The van der Waals surface area contributed by atoms with Gasteiger partial charge in [-0.3, -0.25) is 4.79 Å². The first-order valence-electron chi connectivity index (χ1n) is 7.72. The van der Waals surface area contributed by atoms with Crippen molar-refractivity contribution in [1.29, 1.82) is 0 Å². The zero-order valence-corrected chi connectivity index (χ0v) is 13.0. The molecule has 1 aromatic heterocycles. The molecule has 1 aromatic carbocycles. The number of carbonyl (C=O) groups is 1. The van der Waals surface area contributed by atoms with Crippen molar-refractivity contribution in [3.63, 3.8) is 0 Å². The predicted molar refractivity (Wildman–Crippen MR) is 86.8 cm³/mol. The molecule has 1 saturated heterocycles. The van der Waals surface area contributed by atoms with Crippen molar-refractivity contribution in [2.45, 2.75) is 31.5 Å². The summed E-state index contributed by atoms with van der Waals surface area (Å²) in [6.45, 7) is 0. The average molecular weight is 314 g/mol. The molecule has 1 saturated carbocycles. The molecule has 0 spiro atoms. The number of aliphatic hydroxyl groups excluding tert-OH is 1. The number of benzene rings is 1. The molecule has 2 aromatic rings. The van der Waals surface area contributed by atoms with Gasteiger partial charge in [-0.1, -0.05) is 30.4 Å². The summed E-state index contributed by atoms with van der Waals surface area (Å²) in [5.74, 6) is 0.0804. The van der Waals surface area contributed by atoms with Gasteiger partial charge in [0.2, 0.25) is 0 Å². The van der Waals surface area contributed by atoms with Crippen LogP contribution in [0.3, 0.4) is 0 Å². The summed E-state index contributed by atoms with van der Waals surface area (Å²) in [4.78, 5) is 12.7. The van der Waals surface area contributed by atoms with Gasteiger partial charge in [0.25, 0.3) is 0 Å². The lowest BCUT2D eigenvalue weighted by molar-refractivity contribution is -0.141. The standard InChI is InChI=1S/C18H18O3S/c19-15-10-16-14(9-18(20)21-16)13(15)6-3-5-12-8-11-4-1-2-7-17(11)22-12/h1-4,6-8,13-16,19H,5,9-10H2/b6-3+/t13-,14-,15-,16+/m1/s1. The van der Waals surface area contributed by atoms with Crippen molar-refractivity contribution in [1.82, 2.24) is 0 Å². The molecular formula is C18H18O3S. The fourth-order valence-corrected chi connectivity index (χ4v) is 4.70. The Balaban J connectivity index is 1.46. The van der Waals surface area contributed by atoms with Crippen molar-refractivity contribution >= 4 is 27.4 Å². The highest BCUT2D eigenvalue weighted by molar-refractivity contribution is 7.19. The van der Waals surface area contributed by atoms with Crippen molar-refractivity contribution in [2.75, 3.05) is 0 Å². The summed E-state index contributed by atoms with van der Waals surface area (Å²) in [7, 11) is 0. The Kier molecular flexibility index (Phi) is 3.51. The minimum Gasteiger partial charge on any atom is -0.462 e. The molecule has 2 heterocycles. The SMILES string of the molecule is O=C1C[C@@H]2[C@@H](/C=C/Cc3cc4ccccc4s3)[C@H](O)C[C@@H]2O1. The molecule has 4 rings (SSSR count). The third-order valence-electron chi connectivity index (χ3n) is 4.73. The van der Waals surface area contributed by atoms with Gasteiger partial charge >= 0.3 is 5.97 Å². The quantitative estimate of drug-likeness (QED) is 0.698. The summed E-state index contributed by atoms with van der Waals surface area (Å²) in [5.41, 5.74) is 0. The van der Waals surface area contributed by atoms with Crippen LogP contribution in [0.4, 0.5) is 0 Å². The smallest absolute Gasteiger partial charge is 0.306 e. The minimum atomic E-state index is -0.387. The molecule has 1 N–H and O–H groups in total. The monoisotopic (exact) mass is 314 g/mol. The number of esters is 1. The lowest BCUT2D eigenvalue weighted by Crippen LogP contribution is -2.17. The van der Waals surface area contributed by atoms with Crippen LogP contribution in [0.5, 0.6) is 0 Å². The fraction of sp³-hybridized carbons (Fsp3) is 0.389. The first kappa shape index (κ1) is 14.0. The first-order valence-corrected chi connectivity index (χ1v) is 8.54. The summed E-state index contributed by atoms with van der Waals surface area (Å²) in [5, 5.41) is 11.4. The van der Waals surface area contributed by atoms with Crippen LogP contribution in [0, 0.1) is 11.8 Å². The molecule has 1 aliphatic carbocycles. The molecule has 0 amide bonds. The number of allylic oxidation sites excluding steroid dienone is 1. The number of hydrogen-bond donors (Lipinski definition) is 1. The Morgan fingerprint density at radius 3 is 3.09 bits per heavy atom. The van der Waals surface area contributed by atoms with Crippen molar-refractivity contribution in [2.24, 2.45) is 11.8 Å². The van der Waals surface area contributed by atoms with E-state index in [1.807, 2.05) is 11.3 Å². The van der Waals surface area contributed by atoms with Gasteiger partial charge in [-0.05, 0) is 23.9 Å². The number of fused-ring (bicyclic) bond motifs is 2. The fourth-order valence-electron chi connectivity index (χ4n) is 3.67. The number of hydrogen-bond acceptors (Lipinski definition) is 4. The Hall–Kier alpha value is -1.65. The Labute approximate surface area is 133 Å². The van der Waals surface area contributed by atoms with E-state index in [0.29, 0.717) is 12.8 Å². The molecule has 22 heavy (non-hydrogen) atoms. The molecule has 1 aliphatic heterocycles. The maximum Gasteiger partial charge on any atom is 0.306 e. The third-order valence-corrected chi connectivity index (χ3v) is 5.87. The number of carbonyl (C=O) groups excluding carboxylic acids is 1. The molecule has 114 valence electrons. The third kappa shape index (κ3) is 2.46. The van der Waals surface area contributed by atoms with E-state index in [-0.39, 0.29) is 30.0 Å². The molecule has 0 unspecified atom stereocenters. The highest BCUT2D eigenvalue weighted by Gasteiger charge is 2.48. The summed E-state index contributed by atoms with van der Waals surface area (Å²) < 4.78 is 6.57. The van der Waals surface area contributed by atoms with E-state index in [0.717, 1.165) is 6.42 Å². The maximum absolute atomic E-state index is 11.4. The van der Waals surface area contributed by atoms with Gasteiger partial charge in [0, 0.05) is 27.8 Å². The van der Waals surface area contributed by atoms with Crippen LogP contribution >= 0.6 is 11.3 Å². The Morgan fingerprint density at radius 2 is 2.23 bits per heavy atom. The zero-order valence-electron chi connectivity index (χ0n) is 12.1. The van der Waals surface area contributed by atoms with E-state index in [4.69, 9.17) is 4.74 Å². The van der Waals surface area contributed by atoms with Gasteiger partial charge in [0.05, 0.1) is 12.5 Å². The summed E-state index contributed by atoms with van der Waals surface area (Å²) >= 11 is 1.81. The van der Waals surface area contributed by atoms with E-state index in [1.54, 1.807) is 0 Å². The van der Waals surface area contributed by atoms with E-state index in [2.05, 4.69) is 42.5 Å². The van der Waals surface area contributed by atoms with Crippen LogP contribution in [0.25, 0.3) is 10.1 Å². The highest BCUT2D eigenvalue weighted by Crippen LogP contribution is 2.42. The summed E-state index contributed by atoms with van der Waals surface area (Å²) in [6.07, 6.45) is 5.64. The molecular weight excluding hydrogens is 296 g/mol. The van der Waals surface area contributed by atoms with Crippen LogP contribution in [-0.4, -0.2) is 23.3 Å². The molecule has 0 bridgehead atoms. The topological polar surface area (TPSA) is 46.5 Å². The minimum absolute atomic E-state index is 0.0471. The van der Waals surface area contributed by atoms with Crippen molar-refractivity contribution < 1.29 is 14.6 Å². The number of thiophene rings is 1. The predicted octanol–water partition coefficient (Wildman–Crippen LogP) is 3.31. The Bertz CT molecular complexity index is 700. The number of rotatable bonds is 3. The van der Waals surface area contributed by atoms with Crippen molar-refractivity contribution in [3.05, 3.63) is 47.4 Å². The van der Waals surface area contributed by atoms with E-state index in [1.165, 1.54) is 15.0 Å². The average Bonchev–Trinajstić information content (AvgIpc) is 3.12. The molecule has 3 nitrogen and oxygen atoms in total. The maximum atomic E-state index is 11.4. The van der Waals surface area contributed by atoms with Crippen LogP contribution in [-0.2, 0) is 16.0 Å². The van der Waals surface area contributed by atoms with Crippen LogP contribution < -0.4 is 0 Å². The zero-order chi connectivity index (χ0) is 15.1. The van der Waals surface area contributed by atoms with Gasteiger partial charge in [-0.2, -0.15) is 0 Å². The normalized spacial score (nSPS) is 31.0. The van der Waals surface area contributed by atoms with Gasteiger partial charge in [-0.15, -0.1) is 11.3 Å². The lowest BCUT2D eigenvalue weighted by atomic mass is 9.91. The van der Waals surface area contributed by atoms with Gasteiger partial charge in [-0.25, -0.2) is 0 Å². The van der Waals surface area contributed by atoms with Gasteiger partial charge in [0.1, 0.15) is 6.10 Å². The summed E-state index contributed by atoms with van der Waals surface area (Å²) in [6, 6.07) is 10.6. The largest absolute Gasteiger partial charge is 0.462 e. The Morgan fingerprint density at radius 1 is 1.36 bits per heavy atom. The molecule has 2 aliphatic rings. The lowest BCUT2D eigenvalue weighted by Gasteiger charge is -2.14. The number of aliphatic hydroxyl groups is 1. The second-order valence-corrected chi connectivity index (χ2v) is 7.33. The van der Waals surface area contributed by atoms with Crippen LogP contribution in [0.2, 0.25) is 0 Å². The number of ether oxygens (including phenoxy) is 1. The first-order chi connectivity index (χ1) is 10.7. The second-order valence-electron chi connectivity index (χ2n) is 6.16. The van der Waals surface area contributed by atoms with Gasteiger partial charge in [0.15, 0.2) is 0 Å². The van der Waals surface area contributed by atoms with E-state index < -0.39 is 0 Å². The van der Waals surface area contributed by atoms with Crippen molar-refractivity contribution in [3.8, 4) is 0 Å². The van der Waals surface area contributed by atoms with Crippen LogP contribution in [0.1, 0.15) is 17.7 Å². The van der Waals surface area contributed by atoms with Gasteiger partial charge < -0.3 is 9.84 Å². The molecule has 2 fully saturated rings. The molecule has 4 atom stereocenters. The second kappa shape index (κ2) is 5.52. The van der Waals surface area contributed by atoms with Crippen LogP contribution in [0.15, 0.2) is 42.5 Å². The molecule has 0 radical (unpaired) electrons. The molecule has 4 heteroatoms. The van der Waals surface area contributed by atoms with E-state index >= 15 is 0 Å². The van der Waals surface area contributed by atoms with E-state index in [9.17, 15) is 9.90 Å².